The van der Waals surface area contributed by atoms with Crippen LogP contribution < -0.4 is 0 Å². The zero-order chi connectivity index (χ0) is 9.10. The highest BCUT2D eigenvalue weighted by Gasteiger charge is 2.28. The van der Waals surface area contributed by atoms with Crippen LogP contribution in [0, 0.1) is 5.92 Å². The van der Waals surface area contributed by atoms with Crippen LogP contribution in [0.15, 0.2) is 0 Å². The molecule has 3 atom stereocenters. The standard InChI is InChI=1S/C10H18O2S/c1-8-6-13-7-9(8)12-10-4-2-3-5-11-10/h8-10H,2-7H2,1H3/t8-,9+,10?/m0/s1. The van der Waals surface area contributed by atoms with E-state index in [1.54, 1.807) is 0 Å². The van der Waals surface area contributed by atoms with Crippen molar-refractivity contribution in [1.82, 2.24) is 0 Å². The molecule has 2 aliphatic heterocycles. The van der Waals surface area contributed by atoms with Crippen LogP contribution in [-0.4, -0.2) is 30.5 Å². The van der Waals surface area contributed by atoms with Gasteiger partial charge in [0.15, 0.2) is 6.29 Å². The summed E-state index contributed by atoms with van der Waals surface area (Å²) in [5.41, 5.74) is 0. The van der Waals surface area contributed by atoms with Gasteiger partial charge in [-0.2, -0.15) is 11.8 Å². The highest BCUT2D eigenvalue weighted by atomic mass is 32.2. The lowest BCUT2D eigenvalue weighted by molar-refractivity contribution is -0.189. The lowest BCUT2D eigenvalue weighted by Gasteiger charge is -2.27. The second kappa shape index (κ2) is 4.67. The van der Waals surface area contributed by atoms with E-state index in [9.17, 15) is 0 Å². The van der Waals surface area contributed by atoms with Crippen molar-refractivity contribution >= 4 is 11.8 Å². The number of hydrogen-bond acceptors (Lipinski definition) is 3. The number of thioether (sulfide) groups is 1. The first-order chi connectivity index (χ1) is 6.36. The quantitative estimate of drug-likeness (QED) is 0.684. The first-order valence-corrected chi connectivity index (χ1v) is 6.36. The van der Waals surface area contributed by atoms with Crippen LogP contribution in [0.5, 0.6) is 0 Å². The minimum atomic E-state index is 0.0971. The summed E-state index contributed by atoms with van der Waals surface area (Å²) in [5, 5.41) is 0. The van der Waals surface area contributed by atoms with Gasteiger partial charge in [0.1, 0.15) is 0 Å². The van der Waals surface area contributed by atoms with Gasteiger partial charge in [-0.05, 0) is 30.9 Å². The summed E-state index contributed by atoms with van der Waals surface area (Å²) in [6.45, 7) is 3.16. The average Bonchev–Trinajstić information content (AvgIpc) is 2.54. The van der Waals surface area contributed by atoms with Crippen LogP contribution in [0.25, 0.3) is 0 Å². The minimum absolute atomic E-state index is 0.0971. The first kappa shape index (κ1) is 9.81. The van der Waals surface area contributed by atoms with Crippen molar-refractivity contribution in [3.63, 3.8) is 0 Å². The summed E-state index contributed by atoms with van der Waals surface area (Å²) in [5.74, 6) is 3.11. The van der Waals surface area contributed by atoms with Gasteiger partial charge >= 0.3 is 0 Å². The van der Waals surface area contributed by atoms with Gasteiger partial charge in [-0.1, -0.05) is 6.92 Å². The fourth-order valence-electron chi connectivity index (χ4n) is 1.83. The van der Waals surface area contributed by atoms with E-state index in [4.69, 9.17) is 9.47 Å². The molecule has 0 aromatic heterocycles. The first-order valence-electron chi connectivity index (χ1n) is 5.21. The Hall–Kier alpha value is 0.270. The molecule has 76 valence electrons. The van der Waals surface area contributed by atoms with Crippen molar-refractivity contribution in [3.05, 3.63) is 0 Å². The molecule has 0 amide bonds. The van der Waals surface area contributed by atoms with Gasteiger partial charge < -0.3 is 9.47 Å². The topological polar surface area (TPSA) is 18.5 Å². The molecule has 2 aliphatic rings. The molecule has 0 radical (unpaired) electrons. The highest BCUT2D eigenvalue weighted by molar-refractivity contribution is 7.99. The summed E-state index contributed by atoms with van der Waals surface area (Å²) in [7, 11) is 0. The average molecular weight is 202 g/mol. The molecule has 0 N–H and O–H groups in total. The highest BCUT2D eigenvalue weighted by Crippen LogP contribution is 2.28. The Balaban J connectivity index is 1.75. The lowest BCUT2D eigenvalue weighted by Crippen LogP contribution is -2.30. The molecule has 2 saturated heterocycles. The maximum absolute atomic E-state index is 5.92. The Morgan fingerprint density at radius 2 is 2.23 bits per heavy atom. The number of ether oxygens (including phenoxy) is 2. The summed E-state index contributed by atoms with van der Waals surface area (Å²) in [4.78, 5) is 0. The van der Waals surface area contributed by atoms with Gasteiger partial charge in [0.05, 0.1) is 6.10 Å². The van der Waals surface area contributed by atoms with E-state index in [0.717, 1.165) is 18.8 Å². The third kappa shape index (κ3) is 2.61. The van der Waals surface area contributed by atoms with Crippen molar-refractivity contribution in [2.45, 2.75) is 38.6 Å². The van der Waals surface area contributed by atoms with Crippen LogP contribution in [0.4, 0.5) is 0 Å². The molecule has 0 aliphatic carbocycles. The Morgan fingerprint density at radius 1 is 1.31 bits per heavy atom. The van der Waals surface area contributed by atoms with Gasteiger partial charge in [-0.15, -0.1) is 0 Å². The van der Waals surface area contributed by atoms with Gasteiger partial charge in [-0.25, -0.2) is 0 Å². The fourth-order valence-corrected chi connectivity index (χ4v) is 3.19. The van der Waals surface area contributed by atoms with Crippen molar-refractivity contribution in [2.75, 3.05) is 18.1 Å². The Kier molecular flexibility index (Phi) is 3.52. The van der Waals surface area contributed by atoms with Gasteiger partial charge in [0.25, 0.3) is 0 Å². The summed E-state index contributed by atoms with van der Waals surface area (Å²) < 4.78 is 11.5. The van der Waals surface area contributed by atoms with Crippen LogP contribution in [0.1, 0.15) is 26.2 Å². The zero-order valence-electron chi connectivity index (χ0n) is 8.20. The number of hydrogen-bond donors (Lipinski definition) is 0. The maximum atomic E-state index is 5.92. The van der Waals surface area contributed by atoms with Gasteiger partial charge in [-0.3, -0.25) is 0 Å². The fraction of sp³-hybridized carbons (Fsp3) is 1.00. The molecule has 0 aromatic rings. The van der Waals surface area contributed by atoms with E-state index in [0.29, 0.717) is 12.0 Å². The maximum Gasteiger partial charge on any atom is 0.158 e. The minimum Gasteiger partial charge on any atom is -0.353 e. The third-order valence-electron chi connectivity index (χ3n) is 2.76. The molecule has 13 heavy (non-hydrogen) atoms. The van der Waals surface area contributed by atoms with E-state index in [1.165, 1.54) is 18.6 Å². The van der Waals surface area contributed by atoms with Crippen molar-refractivity contribution in [1.29, 1.82) is 0 Å². The van der Waals surface area contributed by atoms with Gasteiger partial charge in [0, 0.05) is 12.4 Å². The molecule has 0 bridgehead atoms. The molecule has 2 heterocycles. The molecule has 2 nitrogen and oxygen atoms in total. The Morgan fingerprint density at radius 3 is 2.85 bits per heavy atom. The Bertz CT molecular complexity index is 157. The smallest absolute Gasteiger partial charge is 0.158 e. The van der Waals surface area contributed by atoms with Crippen LogP contribution in [-0.2, 0) is 9.47 Å². The van der Waals surface area contributed by atoms with Gasteiger partial charge in [0.2, 0.25) is 0 Å². The zero-order valence-corrected chi connectivity index (χ0v) is 9.02. The summed E-state index contributed by atoms with van der Waals surface area (Å²) >= 11 is 2.00. The largest absolute Gasteiger partial charge is 0.353 e. The second-order valence-electron chi connectivity index (χ2n) is 3.99. The van der Waals surface area contributed by atoms with Crippen molar-refractivity contribution < 1.29 is 9.47 Å². The molecule has 2 rings (SSSR count). The second-order valence-corrected chi connectivity index (χ2v) is 5.06. The predicted molar refractivity (Wildman–Crippen MR) is 55.0 cm³/mol. The lowest BCUT2D eigenvalue weighted by atomic mass is 10.1. The molecule has 1 unspecified atom stereocenters. The summed E-state index contributed by atoms with van der Waals surface area (Å²) in [6.07, 6.45) is 4.09. The number of rotatable bonds is 2. The monoisotopic (exact) mass is 202 g/mol. The van der Waals surface area contributed by atoms with E-state index in [1.807, 2.05) is 11.8 Å². The third-order valence-corrected chi connectivity index (χ3v) is 4.09. The molecule has 0 aromatic carbocycles. The summed E-state index contributed by atoms with van der Waals surface area (Å²) in [6, 6.07) is 0. The molecule has 0 spiro atoms. The van der Waals surface area contributed by atoms with E-state index in [2.05, 4.69) is 6.92 Å². The molecule has 2 fully saturated rings. The SMILES string of the molecule is C[C@H]1CSC[C@H]1OC1CCCCO1. The predicted octanol–water partition coefficient (Wildman–Crippen LogP) is 2.28. The van der Waals surface area contributed by atoms with Crippen LogP contribution in [0.2, 0.25) is 0 Å². The Labute approximate surface area is 84.4 Å². The van der Waals surface area contributed by atoms with E-state index in [-0.39, 0.29) is 6.29 Å². The normalized spacial score (nSPS) is 40.8. The molecular formula is C10H18O2S. The van der Waals surface area contributed by atoms with Crippen LogP contribution in [0.3, 0.4) is 0 Å². The molecule has 3 heteroatoms. The molecule has 0 saturated carbocycles. The van der Waals surface area contributed by atoms with E-state index < -0.39 is 0 Å². The molecular weight excluding hydrogens is 184 g/mol. The van der Waals surface area contributed by atoms with Crippen LogP contribution >= 0.6 is 11.8 Å². The van der Waals surface area contributed by atoms with Crippen molar-refractivity contribution in [3.8, 4) is 0 Å². The van der Waals surface area contributed by atoms with Crippen molar-refractivity contribution in [2.24, 2.45) is 5.92 Å². The van der Waals surface area contributed by atoms with E-state index >= 15 is 0 Å².